The molecule has 2 saturated carbocycles. The van der Waals surface area contributed by atoms with Gasteiger partial charge in [-0.3, -0.25) is 0 Å². The third-order valence-electron chi connectivity index (χ3n) is 7.29. The molecule has 0 aromatic heterocycles. The average Bonchev–Trinajstić information content (AvgIpc) is 2.77. The van der Waals surface area contributed by atoms with Gasteiger partial charge in [0.05, 0.1) is 6.07 Å². The first-order chi connectivity index (χ1) is 14.7. The molecular weight excluding hydrogens is 376 g/mol. The highest BCUT2D eigenvalue weighted by Gasteiger charge is 2.23. The minimum atomic E-state index is -0.745. The Hall–Kier alpha value is -1.95. The van der Waals surface area contributed by atoms with Crippen molar-refractivity contribution in [3.63, 3.8) is 0 Å². The van der Waals surface area contributed by atoms with Crippen LogP contribution in [0.4, 0.5) is 8.78 Å². The molecule has 0 radical (unpaired) electrons. The minimum absolute atomic E-state index is 0.399. The number of unbranched alkanes of at least 4 members (excludes halogenated alkanes) is 1. The van der Waals surface area contributed by atoms with Crippen molar-refractivity contribution in [2.75, 3.05) is 0 Å². The van der Waals surface area contributed by atoms with Crippen LogP contribution >= 0.6 is 0 Å². The number of hydrogen-bond acceptors (Lipinski definition) is 1. The fourth-order valence-corrected chi connectivity index (χ4v) is 5.41. The van der Waals surface area contributed by atoms with Crippen LogP contribution in [0.1, 0.15) is 88.5 Å². The Morgan fingerprint density at radius 2 is 1.47 bits per heavy atom. The predicted molar refractivity (Wildman–Crippen MR) is 119 cm³/mol. The van der Waals surface area contributed by atoms with Crippen molar-refractivity contribution in [2.24, 2.45) is 17.8 Å². The smallest absolute Gasteiger partial charge is 0.159 e. The number of halogens is 2. The SMILES string of the molecule is N#CC=CC=C[C@H]1CC[C@H](CCCC[C@H]2CC[C@H](c3ccc(F)c(F)c3)CC2)CC1. The maximum absolute atomic E-state index is 13.5. The van der Waals surface area contributed by atoms with Gasteiger partial charge in [0.25, 0.3) is 0 Å². The van der Waals surface area contributed by atoms with Crippen molar-refractivity contribution in [3.05, 3.63) is 59.7 Å². The highest BCUT2D eigenvalue weighted by atomic mass is 19.2. The van der Waals surface area contributed by atoms with Gasteiger partial charge in [0.2, 0.25) is 0 Å². The zero-order chi connectivity index (χ0) is 21.2. The second-order valence-electron chi connectivity index (χ2n) is 9.33. The number of hydrogen-bond donors (Lipinski definition) is 0. The molecule has 3 heteroatoms. The minimum Gasteiger partial charge on any atom is -0.204 e. The molecule has 1 aromatic rings. The van der Waals surface area contributed by atoms with Crippen molar-refractivity contribution >= 4 is 0 Å². The van der Waals surface area contributed by atoms with E-state index in [2.05, 4.69) is 6.08 Å². The summed E-state index contributed by atoms with van der Waals surface area (Å²) in [6.07, 6.45) is 22.9. The molecule has 2 fully saturated rings. The van der Waals surface area contributed by atoms with Crippen molar-refractivity contribution in [3.8, 4) is 6.07 Å². The largest absolute Gasteiger partial charge is 0.204 e. The molecule has 0 N–H and O–H groups in total. The molecule has 162 valence electrons. The molecule has 0 aliphatic heterocycles. The van der Waals surface area contributed by atoms with Crippen LogP contribution in [0.25, 0.3) is 0 Å². The van der Waals surface area contributed by atoms with Gasteiger partial charge in [-0.25, -0.2) is 8.78 Å². The fraction of sp³-hybridized carbons (Fsp3) is 0.593. The predicted octanol–water partition coefficient (Wildman–Crippen LogP) is 8.24. The zero-order valence-electron chi connectivity index (χ0n) is 18.0. The van der Waals surface area contributed by atoms with Gasteiger partial charge < -0.3 is 0 Å². The summed E-state index contributed by atoms with van der Waals surface area (Å²) in [4.78, 5) is 0. The monoisotopic (exact) mass is 411 g/mol. The molecule has 0 spiro atoms. The van der Waals surface area contributed by atoms with Gasteiger partial charge in [0.15, 0.2) is 11.6 Å². The summed E-state index contributed by atoms with van der Waals surface area (Å²) in [5.74, 6) is 1.34. The van der Waals surface area contributed by atoms with Crippen LogP contribution in [0.15, 0.2) is 42.5 Å². The lowest BCUT2D eigenvalue weighted by Gasteiger charge is -2.29. The Balaban J connectivity index is 1.26. The van der Waals surface area contributed by atoms with Crippen molar-refractivity contribution < 1.29 is 8.78 Å². The van der Waals surface area contributed by atoms with Crippen LogP contribution < -0.4 is 0 Å². The van der Waals surface area contributed by atoms with E-state index in [1.54, 1.807) is 6.07 Å². The first-order valence-electron chi connectivity index (χ1n) is 11.8. The van der Waals surface area contributed by atoms with Crippen molar-refractivity contribution in [2.45, 2.75) is 83.0 Å². The second kappa shape index (κ2) is 12.0. The van der Waals surface area contributed by atoms with Gasteiger partial charge in [0, 0.05) is 6.08 Å². The third-order valence-corrected chi connectivity index (χ3v) is 7.29. The summed E-state index contributed by atoms with van der Waals surface area (Å²) < 4.78 is 26.6. The van der Waals surface area contributed by atoms with E-state index in [9.17, 15) is 8.78 Å². The lowest BCUT2D eigenvalue weighted by molar-refractivity contribution is 0.273. The van der Waals surface area contributed by atoms with Gasteiger partial charge in [-0.2, -0.15) is 5.26 Å². The number of rotatable bonds is 8. The first-order valence-corrected chi connectivity index (χ1v) is 11.8. The molecule has 3 rings (SSSR count). The molecule has 2 aliphatic carbocycles. The molecule has 1 nitrogen and oxygen atoms in total. The molecule has 0 heterocycles. The maximum atomic E-state index is 13.5. The van der Waals surface area contributed by atoms with Crippen LogP contribution in [-0.2, 0) is 0 Å². The Morgan fingerprint density at radius 3 is 2.07 bits per heavy atom. The Kier molecular flexibility index (Phi) is 9.12. The molecule has 0 atom stereocenters. The van der Waals surface area contributed by atoms with Gasteiger partial charge >= 0.3 is 0 Å². The third kappa shape index (κ3) is 7.08. The topological polar surface area (TPSA) is 23.8 Å². The van der Waals surface area contributed by atoms with Gasteiger partial charge in [0.1, 0.15) is 0 Å². The standard InChI is InChI=1S/C27H35F2N/c28-26-18-17-25(20-27(26)29)24-15-13-23(14-16-24)8-4-3-7-22-11-9-21(10-12-22)6-2-1-5-19-30/h1-2,5-6,17-18,20-24H,3-4,7-16H2/t21-,22-,23-,24-. The summed E-state index contributed by atoms with van der Waals surface area (Å²) in [7, 11) is 0. The van der Waals surface area contributed by atoms with E-state index in [1.807, 2.05) is 18.2 Å². The number of nitriles is 1. The van der Waals surface area contributed by atoms with E-state index in [0.29, 0.717) is 11.8 Å². The molecule has 0 unspecified atom stereocenters. The maximum Gasteiger partial charge on any atom is 0.159 e. The van der Waals surface area contributed by atoms with E-state index in [4.69, 9.17) is 5.26 Å². The Bertz CT molecular complexity index is 745. The van der Waals surface area contributed by atoms with Crippen LogP contribution in [0.5, 0.6) is 0 Å². The molecular formula is C27H35F2N. The first kappa shape index (κ1) is 22.7. The number of allylic oxidation sites excluding steroid dienone is 4. The molecule has 2 aliphatic rings. The van der Waals surface area contributed by atoms with E-state index >= 15 is 0 Å². The molecule has 1 aromatic carbocycles. The van der Waals surface area contributed by atoms with Crippen molar-refractivity contribution in [1.29, 1.82) is 5.26 Å². The van der Waals surface area contributed by atoms with Crippen LogP contribution in [-0.4, -0.2) is 0 Å². The van der Waals surface area contributed by atoms with Gasteiger partial charge in [-0.1, -0.05) is 50.0 Å². The Labute approximate surface area is 180 Å². The highest BCUT2D eigenvalue weighted by molar-refractivity contribution is 5.22. The van der Waals surface area contributed by atoms with Crippen LogP contribution in [0, 0.1) is 40.7 Å². The van der Waals surface area contributed by atoms with E-state index < -0.39 is 11.6 Å². The number of nitrogens with zero attached hydrogens (tertiary/aromatic N) is 1. The molecule has 0 saturated heterocycles. The van der Waals surface area contributed by atoms with Crippen molar-refractivity contribution in [1.82, 2.24) is 0 Å². The lowest BCUT2D eigenvalue weighted by Crippen LogP contribution is -2.14. The molecule has 0 bridgehead atoms. The van der Waals surface area contributed by atoms with Crippen LogP contribution in [0.3, 0.4) is 0 Å². The Morgan fingerprint density at radius 1 is 0.833 bits per heavy atom. The summed E-state index contributed by atoms with van der Waals surface area (Å²) in [6, 6.07) is 6.45. The highest BCUT2D eigenvalue weighted by Crippen LogP contribution is 2.38. The quantitative estimate of drug-likeness (QED) is 0.240. The number of benzene rings is 1. The zero-order valence-corrected chi connectivity index (χ0v) is 18.0. The van der Waals surface area contributed by atoms with E-state index in [1.165, 1.54) is 82.4 Å². The average molecular weight is 412 g/mol. The molecule has 30 heavy (non-hydrogen) atoms. The summed E-state index contributed by atoms with van der Waals surface area (Å²) >= 11 is 0. The summed E-state index contributed by atoms with van der Waals surface area (Å²) in [6.45, 7) is 0. The van der Waals surface area contributed by atoms with E-state index in [-0.39, 0.29) is 0 Å². The fourth-order valence-electron chi connectivity index (χ4n) is 5.41. The van der Waals surface area contributed by atoms with Gasteiger partial charge in [-0.05, 0) is 92.7 Å². The normalized spacial score (nSPS) is 27.5. The summed E-state index contributed by atoms with van der Waals surface area (Å²) in [5.41, 5.74) is 0.971. The lowest BCUT2D eigenvalue weighted by atomic mass is 9.76. The van der Waals surface area contributed by atoms with Gasteiger partial charge in [-0.15, -0.1) is 0 Å². The summed E-state index contributed by atoms with van der Waals surface area (Å²) in [5, 5.41) is 8.51. The van der Waals surface area contributed by atoms with E-state index in [0.717, 1.165) is 30.2 Å². The van der Waals surface area contributed by atoms with Crippen LogP contribution in [0.2, 0.25) is 0 Å². The second-order valence-corrected chi connectivity index (χ2v) is 9.33. The molecule has 0 amide bonds.